The van der Waals surface area contributed by atoms with Gasteiger partial charge in [-0.2, -0.15) is 0 Å². The summed E-state index contributed by atoms with van der Waals surface area (Å²) in [5.41, 5.74) is -0.970. The number of hydrogen-bond donors (Lipinski definition) is 0. The standard InChI is InChI=1S/C13H15BrF2O2/c1-13(2,18-3)5-4-11(17)12-9(15)6-8(14)7-10(12)16/h6-7H,4-5H2,1-3H3. The maximum atomic E-state index is 13.5. The van der Waals surface area contributed by atoms with Crippen molar-refractivity contribution in [1.29, 1.82) is 0 Å². The first-order valence-corrected chi connectivity index (χ1v) is 6.29. The second kappa shape index (κ2) is 5.89. The highest BCUT2D eigenvalue weighted by molar-refractivity contribution is 9.10. The zero-order chi connectivity index (χ0) is 13.9. The molecule has 0 atom stereocenters. The summed E-state index contributed by atoms with van der Waals surface area (Å²) in [4.78, 5) is 11.8. The molecule has 0 unspecified atom stereocenters. The fourth-order valence-corrected chi connectivity index (χ4v) is 1.85. The number of ether oxygens (including phenoxy) is 1. The molecule has 0 radical (unpaired) electrons. The van der Waals surface area contributed by atoms with Crippen molar-refractivity contribution in [2.24, 2.45) is 0 Å². The Kier molecular flexibility index (Phi) is 4.99. The monoisotopic (exact) mass is 320 g/mol. The van der Waals surface area contributed by atoms with Gasteiger partial charge in [-0.05, 0) is 32.4 Å². The largest absolute Gasteiger partial charge is 0.379 e. The van der Waals surface area contributed by atoms with Crippen molar-refractivity contribution < 1.29 is 18.3 Å². The topological polar surface area (TPSA) is 26.3 Å². The molecule has 0 fully saturated rings. The molecule has 0 aliphatic heterocycles. The first-order valence-electron chi connectivity index (χ1n) is 5.50. The van der Waals surface area contributed by atoms with E-state index in [9.17, 15) is 13.6 Å². The van der Waals surface area contributed by atoms with Gasteiger partial charge in [0.15, 0.2) is 5.78 Å². The van der Waals surface area contributed by atoms with Gasteiger partial charge in [0.1, 0.15) is 11.6 Å². The molecule has 0 amide bonds. The normalized spacial score (nSPS) is 11.7. The Bertz CT molecular complexity index is 435. The molecule has 0 saturated carbocycles. The van der Waals surface area contributed by atoms with E-state index in [1.54, 1.807) is 0 Å². The molecule has 1 aromatic carbocycles. The predicted molar refractivity (Wildman–Crippen MR) is 68.7 cm³/mol. The summed E-state index contributed by atoms with van der Waals surface area (Å²) < 4.78 is 32.5. The fraction of sp³-hybridized carbons (Fsp3) is 0.462. The number of benzene rings is 1. The highest BCUT2D eigenvalue weighted by Crippen LogP contribution is 2.23. The van der Waals surface area contributed by atoms with Crippen LogP contribution < -0.4 is 0 Å². The minimum absolute atomic E-state index is 0.0380. The zero-order valence-corrected chi connectivity index (χ0v) is 12.1. The quantitative estimate of drug-likeness (QED) is 0.763. The maximum absolute atomic E-state index is 13.5. The first-order chi connectivity index (χ1) is 8.26. The van der Waals surface area contributed by atoms with Crippen LogP contribution in [-0.4, -0.2) is 18.5 Å². The van der Waals surface area contributed by atoms with Crippen molar-refractivity contribution in [2.75, 3.05) is 7.11 Å². The summed E-state index contributed by atoms with van der Waals surface area (Å²) in [6.07, 6.45) is 0.438. The van der Waals surface area contributed by atoms with Gasteiger partial charge < -0.3 is 4.74 Å². The Balaban J connectivity index is 2.86. The van der Waals surface area contributed by atoms with Crippen LogP contribution in [0.2, 0.25) is 0 Å². The lowest BCUT2D eigenvalue weighted by Crippen LogP contribution is -2.23. The molecule has 5 heteroatoms. The third kappa shape index (κ3) is 3.85. The Morgan fingerprint density at radius 1 is 1.33 bits per heavy atom. The van der Waals surface area contributed by atoms with Gasteiger partial charge in [-0.3, -0.25) is 4.79 Å². The van der Waals surface area contributed by atoms with Crippen molar-refractivity contribution in [3.8, 4) is 0 Å². The number of Topliss-reactive ketones (excluding diaryl/α,β-unsaturated/α-hetero) is 1. The van der Waals surface area contributed by atoms with Crippen LogP contribution in [0.25, 0.3) is 0 Å². The van der Waals surface area contributed by atoms with E-state index in [4.69, 9.17) is 4.74 Å². The van der Waals surface area contributed by atoms with Gasteiger partial charge in [0, 0.05) is 18.0 Å². The van der Waals surface area contributed by atoms with Crippen LogP contribution in [0.3, 0.4) is 0 Å². The van der Waals surface area contributed by atoms with Gasteiger partial charge in [0.05, 0.1) is 11.2 Å². The van der Waals surface area contributed by atoms with Crippen molar-refractivity contribution >= 4 is 21.7 Å². The fourth-order valence-electron chi connectivity index (χ4n) is 1.45. The van der Waals surface area contributed by atoms with Crippen LogP contribution in [0.5, 0.6) is 0 Å². The highest BCUT2D eigenvalue weighted by Gasteiger charge is 2.22. The molecule has 0 spiro atoms. The van der Waals surface area contributed by atoms with E-state index in [0.717, 1.165) is 12.1 Å². The molecular weight excluding hydrogens is 306 g/mol. The van der Waals surface area contributed by atoms with Gasteiger partial charge in [-0.1, -0.05) is 15.9 Å². The summed E-state index contributed by atoms with van der Waals surface area (Å²) in [6, 6.07) is 2.16. The molecule has 0 saturated heterocycles. The van der Waals surface area contributed by atoms with Crippen molar-refractivity contribution in [3.05, 3.63) is 33.8 Å². The van der Waals surface area contributed by atoms with E-state index in [-0.39, 0.29) is 10.9 Å². The van der Waals surface area contributed by atoms with E-state index in [0.29, 0.717) is 6.42 Å². The Morgan fingerprint density at radius 3 is 2.28 bits per heavy atom. The van der Waals surface area contributed by atoms with E-state index >= 15 is 0 Å². The third-order valence-electron chi connectivity index (χ3n) is 2.79. The van der Waals surface area contributed by atoms with Crippen LogP contribution in [0.1, 0.15) is 37.0 Å². The predicted octanol–water partition coefficient (Wildman–Crippen LogP) is 4.12. The molecule has 0 aromatic heterocycles. The SMILES string of the molecule is COC(C)(C)CCC(=O)c1c(F)cc(Br)cc1F. The number of methoxy groups -OCH3 is 1. The molecule has 0 aliphatic carbocycles. The minimum atomic E-state index is -0.845. The van der Waals surface area contributed by atoms with E-state index in [1.807, 2.05) is 13.8 Å². The minimum Gasteiger partial charge on any atom is -0.379 e. The number of halogens is 3. The van der Waals surface area contributed by atoms with Gasteiger partial charge in [-0.25, -0.2) is 8.78 Å². The van der Waals surface area contributed by atoms with Crippen LogP contribution in [0.15, 0.2) is 16.6 Å². The lowest BCUT2D eigenvalue weighted by molar-refractivity contribution is 0.0141. The second-order valence-corrected chi connectivity index (χ2v) is 5.55. The van der Waals surface area contributed by atoms with Gasteiger partial charge in [-0.15, -0.1) is 0 Å². The average molecular weight is 321 g/mol. The van der Waals surface area contributed by atoms with Crippen molar-refractivity contribution in [2.45, 2.75) is 32.3 Å². The molecule has 0 aliphatic rings. The summed E-state index contributed by atoms with van der Waals surface area (Å²) in [7, 11) is 1.53. The Morgan fingerprint density at radius 2 is 1.83 bits per heavy atom. The number of carbonyl (C=O) groups excluding carboxylic acids is 1. The molecule has 0 bridgehead atoms. The molecule has 100 valence electrons. The first kappa shape index (κ1) is 15.2. The Labute approximate surface area is 113 Å². The van der Waals surface area contributed by atoms with E-state index in [1.165, 1.54) is 7.11 Å². The van der Waals surface area contributed by atoms with E-state index < -0.39 is 28.6 Å². The molecule has 0 heterocycles. The summed E-state index contributed by atoms with van der Waals surface area (Å²) in [5, 5.41) is 0. The highest BCUT2D eigenvalue weighted by atomic mass is 79.9. The summed E-state index contributed by atoms with van der Waals surface area (Å²) in [6.45, 7) is 3.63. The average Bonchev–Trinajstić information content (AvgIpc) is 2.25. The van der Waals surface area contributed by atoms with Crippen LogP contribution in [-0.2, 0) is 4.74 Å². The number of rotatable bonds is 5. The lowest BCUT2D eigenvalue weighted by Gasteiger charge is -2.22. The van der Waals surface area contributed by atoms with Gasteiger partial charge >= 0.3 is 0 Å². The van der Waals surface area contributed by atoms with Gasteiger partial charge in [0.2, 0.25) is 0 Å². The Hall–Kier alpha value is -0.810. The number of carbonyl (C=O) groups is 1. The second-order valence-electron chi connectivity index (χ2n) is 4.63. The van der Waals surface area contributed by atoms with Crippen molar-refractivity contribution in [1.82, 2.24) is 0 Å². The molecule has 2 nitrogen and oxygen atoms in total. The third-order valence-corrected chi connectivity index (χ3v) is 3.25. The molecule has 1 aromatic rings. The lowest BCUT2D eigenvalue weighted by atomic mass is 9.97. The molecule has 1 rings (SSSR count). The van der Waals surface area contributed by atoms with Crippen LogP contribution in [0, 0.1) is 11.6 Å². The number of ketones is 1. The van der Waals surface area contributed by atoms with Gasteiger partial charge in [0.25, 0.3) is 0 Å². The van der Waals surface area contributed by atoms with E-state index in [2.05, 4.69) is 15.9 Å². The maximum Gasteiger partial charge on any atom is 0.168 e. The smallest absolute Gasteiger partial charge is 0.168 e. The molecular formula is C13H15BrF2O2. The molecule has 0 N–H and O–H groups in total. The molecule has 18 heavy (non-hydrogen) atoms. The van der Waals surface area contributed by atoms with Crippen LogP contribution >= 0.6 is 15.9 Å². The summed E-state index contributed by atoms with van der Waals surface area (Å²) in [5.74, 6) is -2.24. The number of hydrogen-bond acceptors (Lipinski definition) is 2. The summed E-state index contributed by atoms with van der Waals surface area (Å²) >= 11 is 2.97. The van der Waals surface area contributed by atoms with Crippen LogP contribution in [0.4, 0.5) is 8.78 Å². The zero-order valence-electron chi connectivity index (χ0n) is 10.5. The van der Waals surface area contributed by atoms with Crippen molar-refractivity contribution in [3.63, 3.8) is 0 Å².